The first-order valence-corrected chi connectivity index (χ1v) is 9.48. The summed E-state index contributed by atoms with van der Waals surface area (Å²) >= 11 is 0. The highest BCUT2D eigenvalue weighted by atomic mass is 16.2. The predicted molar refractivity (Wildman–Crippen MR) is 101 cm³/mol. The molecule has 1 aromatic rings. The molecular formula is C20H29N3O2. The zero-order chi connectivity index (χ0) is 17.8. The molecule has 136 valence electrons. The molecule has 1 aliphatic heterocycles. The Morgan fingerprint density at radius 2 is 1.80 bits per heavy atom. The van der Waals surface area contributed by atoms with Gasteiger partial charge in [-0.25, -0.2) is 0 Å². The molecule has 1 atom stereocenters. The molecule has 25 heavy (non-hydrogen) atoms. The molecule has 2 fully saturated rings. The summed E-state index contributed by atoms with van der Waals surface area (Å²) in [6.07, 6.45) is 6.78. The summed E-state index contributed by atoms with van der Waals surface area (Å²) in [5.41, 5.74) is 3.24. The van der Waals surface area contributed by atoms with Crippen molar-refractivity contribution in [2.75, 3.05) is 23.3 Å². The Morgan fingerprint density at radius 3 is 2.40 bits per heavy atom. The number of nitrogens with zero attached hydrogens (tertiary/aromatic N) is 1. The minimum absolute atomic E-state index is 0.101. The van der Waals surface area contributed by atoms with E-state index in [1.54, 1.807) is 0 Å². The summed E-state index contributed by atoms with van der Waals surface area (Å²) in [4.78, 5) is 26.7. The summed E-state index contributed by atoms with van der Waals surface area (Å²) in [5, 5.41) is 5.86. The van der Waals surface area contributed by atoms with Crippen molar-refractivity contribution in [2.45, 2.75) is 58.4 Å². The van der Waals surface area contributed by atoms with Gasteiger partial charge in [0.2, 0.25) is 11.8 Å². The number of nitrogens with one attached hydrogen (secondary N) is 2. The Balaban J connectivity index is 1.69. The zero-order valence-corrected chi connectivity index (χ0v) is 15.3. The minimum atomic E-state index is -0.432. The second-order valence-corrected chi connectivity index (χ2v) is 7.41. The SMILES string of the molecule is CC(=O)NC(C(=O)Nc1ccc(N2CCCC2)c(C)c1)C1CCCC1. The van der Waals surface area contributed by atoms with Crippen LogP contribution in [0, 0.1) is 12.8 Å². The summed E-state index contributed by atoms with van der Waals surface area (Å²) in [6, 6.07) is 5.67. The lowest BCUT2D eigenvalue weighted by atomic mass is 9.97. The molecule has 1 unspecified atom stereocenters. The average molecular weight is 343 g/mol. The first-order chi connectivity index (χ1) is 12.0. The van der Waals surface area contributed by atoms with Crippen LogP contribution in [0.1, 0.15) is 51.0 Å². The van der Waals surface area contributed by atoms with Crippen molar-refractivity contribution < 1.29 is 9.59 Å². The minimum Gasteiger partial charge on any atom is -0.371 e. The van der Waals surface area contributed by atoms with Gasteiger partial charge in [0.1, 0.15) is 6.04 Å². The number of carbonyl (C=O) groups is 2. The Morgan fingerprint density at radius 1 is 1.12 bits per heavy atom. The fraction of sp³-hybridized carbons (Fsp3) is 0.600. The Hall–Kier alpha value is -2.04. The number of benzene rings is 1. The zero-order valence-electron chi connectivity index (χ0n) is 15.3. The maximum atomic E-state index is 12.8. The number of hydrogen-bond acceptors (Lipinski definition) is 3. The van der Waals surface area contributed by atoms with E-state index >= 15 is 0 Å². The third-order valence-corrected chi connectivity index (χ3v) is 5.42. The molecule has 2 aliphatic rings. The van der Waals surface area contributed by atoms with Gasteiger partial charge >= 0.3 is 0 Å². The lowest BCUT2D eigenvalue weighted by molar-refractivity contribution is -0.126. The monoisotopic (exact) mass is 343 g/mol. The molecule has 3 rings (SSSR count). The van der Waals surface area contributed by atoms with Crippen LogP contribution in [-0.2, 0) is 9.59 Å². The Labute approximate surface area is 150 Å². The molecule has 1 aliphatic carbocycles. The molecule has 0 aromatic heterocycles. The van der Waals surface area contributed by atoms with E-state index in [9.17, 15) is 9.59 Å². The number of carbonyl (C=O) groups excluding carboxylic acids is 2. The van der Waals surface area contributed by atoms with Gasteiger partial charge in [0.05, 0.1) is 0 Å². The lowest BCUT2D eigenvalue weighted by Crippen LogP contribution is -2.47. The predicted octanol–water partition coefficient (Wildman–Crippen LogP) is 3.23. The summed E-state index contributed by atoms with van der Waals surface area (Å²) in [5.74, 6) is -0.00287. The van der Waals surface area contributed by atoms with Gasteiger partial charge in [0.25, 0.3) is 0 Å². The first kappa shape index (κ1) is 17.8. The van der Waals surface area contributed by atoms with E-state index < -0.39 is 6.04 Å². The molecule has 1 saturated carbocycles. The molecular weight excluding hydrogens is 314 g/mol. The molecule has 5 heteroatoms. The Kier molecular flexibility index (Phi) is 5.61. The fourth-order valence-corrected chi connectivity index (χ4v) is 4.17. The summed E-state index contributed by atoms with van der Waals surface area (Å²) in [7, 11) is 0. The van der Waals surface area contributed by atoms with E-state index in [1.165, 1.54) is 31.0 Å². The number of amides is 2. The number of aryl methyl sites for hydroxylation is 1. The van der Waals surface area contributed by atoms with Crippen molar-refractivity contribution in [1.29, 1.82) is 0 Å². The quantitative estimate of drug-likeness (QED) is 0.863. The Bertz CT molecular complexity index is 632. The average Bonchev–Trinajstić information content (AvgIpc) is 3.26. The highest BCUT2D eigenvalue weighted by Gasteiger charge is 2.31. The van der Waals surface area contributed by atoms with Crippen LogP contribution in [-0.4, -0.2) is 30.9 Å². The van der Waals surface area contributed by atoms with E-state index in [0.717, 1.165) is 44.5 Å². The molecule has 0 radical (unpaired) electrons. The van der Waals surface area contributed by atoms with Crippen LogP contribution in [0.15, 0.2) is 18.2 Å². The molecule has 1 heterocycles. The largest absolute Gasteiger partial charge is 0.371 e. The van der Waals surface area contributed by atoms with Gasteiger partial charge in [-0.15, -0.1) is 0 Å². The van der Waals surface area contributed by atoms with Crippen molar-refractivity contribution in [3.8, 4) is 0 Å². The van der Waals surface area contributed by atoms with Crippen molar-refractivity contribution in [3.05, 3.63) is 23.8 Å². The number of rotatable bonds is 5. The number of hydrogen-bond donors (Lipinski definition) is 2. The third-order valence-electron chi connectivity index (χ3n) is 5.42. The highest BCUT2D eigenvalue weighted by molar-refractivity contribution is 5.97. The van der Waals surface area contributed by atoms with Crippen LogP contribution in [0.2, 0.25) is 0 Å². The van der Waals surface area contributed by atoms with Crippen LogP contribution >= 0.6 is 0 Å². The molecule has 1 aromatic carbocycles. The van der Waals surface area contributed by atoms with Gasteiger partial charge in [-0.3, -0.25) is 9.59 Å². The fourth-order valence-electron chi connectivity index (χ4n) is 4.17. The normalized spacial score (nSPS) is 19.0. The molecule has 0 bridgehead atoms. The molecule has 2 N–H and O–H groups in total. The van der Waals surface area contributed by atoms with E-state index in [-0.39, 0.29) is 17.7 Å². The molecule has 5 nitrogen and oxygen atoms in total. The van der Waals surface area contributed by atoms with Gasteiger partial charge < -0.3 is 15.5 Å². The lowest BCUT2D eigenvalue weighted by Gasteiger charge is -2.24. The topological polar surface area (TPSA) is 61.4 Å². The molecule has 1 saturated heterocycles. The van der Waals surface area contributed by atoms with Crippen molar-refractivity contribution >= 4 is 23.2 Å². The second kappa shape index (κ2) is 7.89. The maximum Gasteiger partial charge on any atom is 0.247 e. The van der Waals surface area contributed by atoms with E-state index in [0.29, 0.717) is 0 Å². The van der Waals surface area contributed by atoms with E-state index in [1.807, 2.05) is 12.1 Å². The van der Waals surface area contributed by atoms with E-state index in [2.05, 4.69) is 28.5 Å². The van der Waals surface area contributed by atoms with Gasteiger partial charge in [0.15, 0.2) is 0 Å². The van der Waals surface area contributed by atoms with Crippen LogP contribution in [0.4, 0.5) is 11.4 Å². The van der Waals surface area contributed by atoms with Gasteiger partial charge in [0, 0.05) is 31.4 Å². The third kappa shape index (κ3) is 4.33. The summed E-state index contributed by atoms with van der Waals surface area (Å²) < 4.78 is 0. The van der Waals surface area contributed by atoms with Crippen LogP contribution in [0.3, 0.4) is 0 Å². The highest BCUT2D eigenvalue weighted by Crippen LogP contribution is 2.30. The smallest absolute Gasteiger partial charge is 0.247 e. The summed E-state index contributed by atoms with van der Waals surface area (Å²) in [6.45, 7) is 5.79. The van der Waals surface area contributed by atoms with Crippen LogP contribution in [0.5, 0.6) is 0 Å². The van der Waals surface area contributed by atoms with Crippen molar-refractivity contribution in [1.82, 2.24) is 5.32 Å². The molecule has 2 amide bonds. The van der Waals surface area contributed by atoms with Crippen molar-refractivity contribution in [2.24, 2.45) is 5.92 Å². The second-order valence-electron chi connectivity index (χ2n) is 7.41. The van der Waals surface area contributed by atoms with Gasteiger partial charge in [-0.2, -0.15) is 0 Å². The van der Waals surface area contributed by atoms with E-state index in [4.69, 9.17) is 0 Å². The van der Waals surface area contributed by atoms with Crippen LogP contribution in [0.25, 0.3) is 0 Å². The van der Waals surface area contributed by atoms with Crippen LogP contribution < -0.4 is 15.5 Å². The van der Waals surface area contributed by atoms with Crippen molar-refractivity contribution in [3.63, 3.8) is 0 Å². The van der Waals surface area contributed by atoms with Gasteiger partial charge in [-0.1, -0.05) is 12.8 Å². The molecule has 0 spiro atoms. The number of anilines is 2. The maximum absolute atomic E-state index is 12.8. The first-order valence-electron chi connectivity index (χ1n) is 9.48. The van der Waals surface area contributed by atoms with Gasteiger partial charge in [-0.05, 0) is 62.3 Å². The standard InChI is InChI=1S/C20H29N3O2/c1-14-13-17(9-10-18(14)23-11-5-6-12-23)22-20(25)19(21-15(2)24)16-7-3-4-8-16/h9-10,13,16,19H,3-8,11-12H2,1-2H3,(H,21,24)(H,22,25).